The van der Waals surface area contributed by atoms with Gasteiger partial charge < -0.3 is 14.5 Å². The minimum Gasteiger partial charge on any atom is -0.497 e. The first-order valence-corrected chi connectivity index (χ1v) is 8.66. The van der Waals surface area contributed by atoms with Crippen molar-refractivity contribution in [1.29, 1.82) is 0 Å². The van der Waals surface area contributed by atoms with E-state index in [1.165, 1.54) is 12.1 Å². The minimum absolute atomic E-state index is 0.0127. The van der Waals surface area contributed by atoms with E-state index in [-0.39, 0.29) is 5.56 Å². The van der Waals surface area contributed by atoms with Crippen molar-refractivity contribution < 1.29 is 18.3 Å². The summed E-state index contributed by atoms with van der Waals surface area (Å²) in [6.07, 6.45) is 0. The average molecular weight is 376 g/mol. The molecule has 0 aliphatic rings. The number of aryl methyl sites for hydroxylation is 1. The van der Waals surface area contributed by atoms with E-state index in [9.17, 15) is 9.18 Å². The summed E-state index contributed by atoms with van der Waals surface area (Å²) in [5.74, 6) is 0.0288. The predicted octanol–water partition coefficient (Wildman–Crippen LogP) is 5.20. The number of amides is 1. The second-order valence-corrected chi connectivity index (χ2v) is 6.32. The molecule has 4 aromatic rings. The van der Waals surface area contributed by atoms with Crippen molar-refractivity contribution in [2.24, 2.45) is 0 Å². The van der Waals surface area contributed by atoms with Crippen LogP contribution in [0.1, 0.15) is 15.9 Å². The lowest BCUT2D eigenvalue weighted by Crippen LogP contribution is -2.14. The van der Waals surface area contributed by atoms with E-state index in [0.29, 0.717) is 34.0 Å². The average Bonchev–Trinajstić information content (AvgIpc) is 3.13. The summed E-state index contributed by atoms with van der Waals surface area (Å²) >= 11 is 0. The van der Waals surface area contributed by atoms with E-state index in [1.54, 1.807) is 43.5 Å². The van der Waals surface area contributed by atoms with Gasteiger partial charge in [-0.15, -0.1) is 0 Å². The van der Waals surface area contributed by atoms with Crippen LogP contribution in [0.4, 0.5) is 10.1 Å². The number of aromatic nitrogens is 1. The summed E-state index contributed by atoms with van der Waals surface area (Å²) in [5, 5.41) is 2.76. The largest absolute Gasteiger partial charge is 0.497 e. The quantitative estimate of drug-likeness (QED) is 0.531. The van der Waals surface area contributed by atoms with Crippen molar-refractivity contribution in [3.05, 3.63) is 77.6 Å². The zero-order valence-electron chi connectivity index (χ0n) is 15.3. The number of nitrogens with zero attached hydrogens (tertiary/aromatic N) is 1. The first-order valence-electron chi connectivity index (χ1n) is 8.66. The summed E-state index contributed by atoms with van der Waals surface area (Å²) < 4.78 is 24.9. The fourth-order valence-electron chi connectivity index (χ4n) is 2.88. The molecule has 4 rings (SSSR count). The Hall–Kier alpha value is -3.67. The van der Waals surface area contributed by atoms with Gasteiger partial charge in [0.05, 0.1) is 12.7 Å². The van der Waals surface area contributed by atoms with E-state index >= 15 is 0 Å². The molecule has 1 N–H and O–H groups in total. The molecule has 5 nitrogen and oxygen atoms in total. The lowest BCUT2D eigenvalue weighted by Gasteiger charge is -2.10. The Morgan fingerprint density at radius 1 is 1.11 bits per heavy atom. The summed E-state index contributed by atoms with van der Waals surface area (Å²) in [6.45, 7) is 1.86. The molecular formula is C22H17FN2O3. The van der Waals surface area contributed by atoms with Gasteiger partial charge >= 0.3 is 0 Å². The molecule has 0 aliphatic heterocycles. The lowest BCUT2D eigenvalue weighted by atomic mass is 10.1. The smallest absolute Gasteiger partial charge is 0.258 e. The van der Waals surface area contributed by atoms with Crippen molar-refractivity contribution in [2.45, 2.75) is 6.92 Å². The molecule has 1 aromatic heterocycles. The third-order valence-electron chi connectivity index (χ3n) is 4.45. The van der Waals surface area contributed by atoms with Crippen LogP contribution in [0.2, 0.25) is 0 Å². The third kappa shape index (κ3) is 3.32. The molecule has 0 fully saturated rings. The molecular weight excluding hydrogens is 359 g/mol. The number of hydrogen-bond donors (Lipinski definition) is 1. The highest BCUT2D eigenvalue weighted by Gasteiger charge is 2.15. The van der Waals surface area contributed by atoms with Gasteiger partial charge in [0, 0.05) is 17.3 Å². The highest BCUT2D eigenvalue weighted by Crippen LogP contribution is 2.29. The van der Waals surface area contributed by atoms with Crippen LogP contribution in [0.5, 0.6) is 5.75 Å². The van der Waals surface area contributed by atoms with Crippen LogP contribution >= 0.6 is 0 Å². The number of fused-ring (bicyclic) bond motifs is 1. The molecule has 0 radical (unpaired) electrons. The maximum absolute atomic E-state index is 13.9. The van der Waals surface area contributed by atoms with Crippen LogP contribution in [0, 0.1) is 12.7 Å². The van der Waals surface area contributed by atoms with Gasteiger partial charge in [0.25, 0.3) is 5.91 Å². The van der Waals surface area contributed by atoms with Crippen LogP contribution in [-0.2, 0) is 0 Å². The van der Waals surface area contributed by atoms with Gasteiger partial charge in [0.1, 0.15) is 17.1 Å². The molecule has 0 spiro atoms. The van der Waals surface area contributed by atoms with Crippen LogP contribution in [-0.4, -0.2) is 18.0 Å². The number of ether oxygens (including phenoxy) is 1. The third-order valence-corrected chi connectivity index (χ3v) is 4.45. The highest BCUT2D eigenvalue weighted by atomic mass is 19.1. The molecule has 140 valence electrons. The van der Waals surface area contributed by atoms with Gasteiger partial charge in [0.2, 0.25) is 5.89 Å². The number of rotatable bonds is 4. The van der Waals surface area contributed by atoms with Crippen molar-refractivity contribution in [1.82, 2.24) is 4.98 Å². The number of anilines is 1. The SMILES string of the molecule is COc1ccc2oc(-c3ccc(C)c(NC(=O)c4ccccc4F)c3)nc2c1. The second-order valence-electron chi connectivity index (χ2n) is 6.32. The monoisotopic (exact) mass is 376 g/mol. The fraction of sp³-hybridized carbons (Fsp3) is 0.0909. The van der Waals surface area contributed by atoms with Gasteiger partial charge in [-0.3, -0.25) is 4.79 Å². The van der Waals surface area contributed by atoms with Gasteiger partial charge in [-0.05, 0) is 48.9 Å². The van der Waals surface area contributed by atoms with Crippen LogP contribution in [0.25, 0.3) is 22.6 Å². The molecule has 0 aliphatic carbocycles. The van der Waals surface area contributed by atoms with Crippen LogP contribution in [0.3, 0.4) is 0 Å². The molecule has 0 saturated heterocycles. The number of oxazole rings is 1. The summed E-state index contributed by atoms with van der Waals surface area (Å²) in [4.78, 5) is 16.9. The number of benzene rings is 3. The van der Waals surface area contributed by atoms with Gasteiger partial charge in [-0.25, -0.2) is 9.37 Å². The number of methoxy groups -OCH3 is 1. The Balaban J connectivity index is 1.67. The van der Waals surface area contributed by atoms with E-state index in [4.69, 9.17) is 9.15 Å². The van der Waals surface area contributed by atoms with E-state index in [2.05, 4.69) is 10.3 Å². The normalized spacial score (nSPS) is 10.8. The summed E-state index contributed by atoms with van der Waals surface area (Å²) in [7, 11) is 1.59. The summed E-state index contributed by atoms with van der Waals surface area (Å²) in [6, 6.07) is 16.7. The zero-order valence-corrected chi connectivity index (χ0v) is 15.3. The molecule has 3 aromatic carbocycles. The van der Waals surface area contributed by atoms with Gasteiger partial charge in [-0.1, -0.05) is 18.2 Å². The van der Waals surface area contributed by atoms with Gasteiger partial charge in [-0.2, -0.15) is 0 Å². The molecule has 1 heterocycles. The topological polar surface area (TPSA) is 64.4 Å². The predicted molar refractivity (Wildman–Crippen MR) is 105 cm³/mol. The van der Waals surface area contributed by atoms with Crippen LogP contribution < -0.4 is 10.1 Å². The van der Waals surface area contributed by atoms with Crippen molar-refractivity contribution in [2.75, 3.05) is 12.4 Å². The van der Waals surface area contributed by atoms with E-state index in [0.717, 1.165) is 5.56 Å². The Morgan fingerprint density at radius 3 is 2.71 bits per heavy atom. The van der Waals surface area contributed by atoms with Crippen molar-refractivity contribution in [3.63, 3.8) is 0 Å². The Morgan fingerprint density at radius 2 is 1.93 bits per heavy atom. The molecule has 0 saturated carbocycles. The highest BCUT2D eigenvalue weighted by molar-refractivity contribution is 6.05. The summed E-state index contributed by atoms with van der Waals surface area (Å²) in [5.41, 5.74) is 3.39. The van der Waals surface area contributed by atoms with E-state index in [1.807, 2.05) is 19.1 Å². The van der Waals surface area contributed by atoms with Crippen molar-refractivity contribution >= 4 is 22.7 Å². The first-order chi connectivity index (χ1) is 13.5. The number of halogens is 1. The standard InChI is InChI=1S/C22H17FN2O3/c1-13-7-8-14(22-25-19-12-15(27-2)9-10-20(19)28-22)11-18(13)24-21(26)16-5-3-4-6-17(16)23/h3-12H,1-2H3,(H,24,26). The molecule has 6 heteroatoms. The fourth-order valence-corrected chi connectivity index (χ4v) is 2.88. The van der Waals surface area contributed by atoms with Gasteiger partial charge in [0.15, 0.2) is 5.58 Å². The number of carbonyl (C=O) groups is 1. The first kappa shape index (κ1) is 17.7. The Labute approximate surface area is 160 Å². The number of nitrogens with one attached hydrogen (secondary N) is 1. The molecule has 1 amide bonds. The molecule has 0 bridgehead atoms. The van der Waals surface area contributed by atoms with Crippen molar-refractivity contribution in [3.8, 4) is 17.2 Å². The second kappa shape index (κ2) is 7.15. The maximum Gasteiger partial charge on any atom is 0.258 e. The zero-order chi connectivity index (χ0) is 19.7. The van der Waals surface area contributed by atoms with Crippen LogP contribution in [0.15, 0.2) is 65.1 Å². The molecule has 0 unspecified atom stereocenters. The molecule has 28 heavy (non-hydrogen) atoms. The van der Waals surface area contributed by atoms with E-state index < -0.39 is 11.7 Å². The number of hydrogen-bond acceptors (Lipinski definition) is 4. The Bertz CT molecular complexity index is 1180. The molecule has 0 atom stereocenters. The maximum atomic E-state index is 13.9. The Kier molecular flexibility index (Phi) is 4.53. The number of carbonyl (C=O) groups excluding carboxylic acids is 1. The lowest BCUT2D eigenvalue weighted by molar-refractivity contribution is 0.102. The minimum atomic E-state index is -0.568.